The Morgan fingerprint density at radius 1 is 1.44 bits per heavy atom. The zero-order valence-corrected chi connectivity index (χ0v) is 10.5. The fraction of sp³-hybridized carbons (Fsp3) is 0.154. The number of nitrogens with one attached hydrogen (secondary N) is 1. The monoisotopic (exact) mass is 261 g/mol. The molecule has 92 valence electrons. The Bertz CT molecular complexity index is 606. The van der Waals surface area contributed by atoms with Gasteiger partial charge in [-0.1, -0.05) is 29.5 Å². The molecule has 1 N–H and O–H groups in total. The standard InChI is InChI=1S/C13H11NO3S/c1-16-12(15)11-6-9-13(18-11)17-10-5-3-2-4-8(10)7-14-9/h2-6,14H,7H2,1H3. The lowest BCUT2D eigenvalue weighted by atomic mass is 10.2. The number of methoxy groups -OCH3 is 1. The maximum absolute atomic E-state index is 11.5. The van der Waals surface area contributed by atoms with E-state index in [4.69, 9.17) is 9.47 Å². The van der Waals surface area contributed by atoms with Crippen LogP contribution in [0.2, 0.25) is 0 Å². The highest BCUT2D eigenvalue weighted by Crippen LogP contribution is 2.42. The highest BCUT2D eigenvalue weighted by atomic mass is 32.1. The minimum absolute atomic E-state index is 0.341. The van der Waals surface area contributed by atoms with E-state index in [-0.39, 0.29) is 5.97 Å². The number of ether oxygens (including phenoxy) is 2. The average molecular weight is 261 g/mol. The number of para-hydroxylation sites is 1. The van der Waals surface area contributed by atoms with Crippen molar-refractivity contribution in [1.82, 2.24) is 0 Å². The SMILES string of the molecule is COC(=O)c1cc2c(s1)Oc1ccccc1CN2. The molecule has 0 saturated carbocycles. The number of carbonyl (C=O) groups is 1. The van der Waals surface area contributed by atoms with Crippen molar-refractivity contribution in [3.8, 4) is 10.8 Å². The van der Waals surface area contributed by atoms with Crippen LogP contribution in [0.4, 0.5) is 5.69 Å². The first-order valence-electron chi connectivity index (χ1n) is 5.49. The Morgan fingerprint density at radius 3 is 3.11 bits per heavy atom. The van der Waals surface area contributed by atoms with Crippen LogP contribution in [0, 0.1) is 0 Å². The van der Waals surface area contributed by atoms with Crippen molar-refractivity contribution in [3.63, 3.8) is 0 Å². The highest BCUT2D eigenvalue weighted by Gasteiger charge is 2.20. The lowest BCUT2D eigenvalue weighted by Gasteiger charge is -2.04. The molecule has 0 atom stereocenters. The number of hydrogen-bond donors (Lipinski definition) is 1. The van der Waals surface area contributed by atoms with Gasteiger partial charge in [0, 0.05) is 12.1 Å². The van der Waals surface area contributed by atoms with Gasteiger partial charge < -0.3 is 14.8 Å². The topological polar surface area (TPSA) is 47.6 Å². The van der Waals surface area contributed by atoms with Gasteiger partial charge in [-0.25, -0.2) is 4.79 Å². The van der Waals surface area contributed by atoms with Crippen molar-refractivity contribution in [2.24, 2.45) is 0 Å². The van der Waals surface area contributed by atoms with Crippen LogP contribution < -0.4 is 10.1 Å². The Morgan fingerprint density at radius 2 is 2.28 bits per heavy atom. The van der Waals surface area contributed by atoms with E-state index < -0.39 is 0 Å². The summed E-state index contributed by atoms with van der Waals surface area (Å²) in [6.07, 6.45) is 0. The van der Waals surface area contributed by atoms with E-state index in [2.05, 4.69) is 5.32 Å². The second kappa shape index (κ2) is 4.34. The number of anilines is 1. The third-order valence-corrected chi connectivity index (χ3v) is 3.72. The number of rotatable bonds is 1. The van der Waals surface area contributed by atoms with Gasteiger partial charge in [-0.05, 0) is 12.1 Å². The van der Waals surface area contributed by atoms with Crippen LogP contribution in [-0.2, 0) is 11.3 Å². The Labute approximate surface area is 108 Å². The number of hydrogen-bond acceptors (Lipinski definition) is 5. The van der Waals surface area contributed by atoms with Gasteiger partial charge >= 0.3 is 5.97 Å². The Kier molecular flexibility index (Phi) is 2.68. The number of benzene rings is 1. The molecule has 2 heterocycles. The third kappa shape index (κ3) is 1.82. The molecule has 0 unspecified atom stereocenters. The Hall–Kier alpha value is -2.01. The second-order valence-electron chi connectivity index (χ2n) is 3.87. The van der Waals surface area contributed by atoms with Gasteiger partial charge in [0.25, 0.3) is 0 Å². The van der Waals surface area contributed by atoms with Gasteiger partial charge in [0.05, 0.1) is 12.8 Å². The number of fused-ring (bicyclic) bond motifs is 2. The molecule has 0 saturated heterocycles. The van der Waals surface area contributed by atoms with Crippen molar-refractivity contribution in [2.45, 2.75) is 6.54 Å². The largest absolute Gasteiger partial charge is 0.465 e. The third-order valence-electron chi connectivity index (χ3n) is 2.73. The highest BCUT2D eigenvalue weighted by molar-refractivity contribution is 7.16. The molecule has 1 aliphatic rings. The molecule has 1 aromatic heterocycles. The van der Waals surface area contributed by atoms with E-state index in [0.29, 0.717) is 16.5 Å². The van der Waals surface area contributed by atoms with Gasteiger partial charge in [-0.15, -0.1) is 0 Å². The van der Waals surface area contributed by atoms with Crippen LogP contribution in [0.3, 0.4) is 0 Å². The maximum atomic E-state index is 11.5. The molecule has 4 nitrogen and oxygen atoms in total. The molecule has 18 heavy (non-hydrogen) atoms. The van der Waals surface area contributed by atoms with E-state index in [9.17, 15) is 4.79 Å². The lowest BCUT2D eigenvalue weighted by molar-refractivity contribution is 0.0606. The molecular formula is C13H11NO3S. The first-order valence-corrected chi connectivity index (χ1v) is 6.31. The molecule has 1 aromatic carbocycles. The van der Waals surface area contributed by atoms with Gasteiger partial charge in [0.15, 0.2) is 0 Å². The van der Waals surface area contributed by atoms with Crippen molar-refractivity contribution < 1.29 is 14.3 Å². The van der Waals surface area contributed by atoms with Crippen molar-refractivity contribution in [1.29, 1.82) is 0 Å². The fourth-order valence-electron chi connectivity index (χ4n) is 1.81. The van der Waals surface area contributed by atoms with Crippen LogP contribution >= 0.6 is 11.3 Å². The van der Waals surface area contributed by atoms with Crippen LogP contribution in [-0.4, -0.2) is 13.1 Å². The summed E-state index contributed by atoms with van der Waals surface area (Å²) in [6, 6.07) is 9.60. The average Bonchev–Trinajstić information content (AvgIpc) is 2.72. The van der Waals surface area contributed by atoms with E-state index in [1.165, 1.54) is 18.4 Å². The van der Waals surface area contributed by atoms with Crippen LogP contribution in [0.25, 0.3) is 0 Å². The molecular weight excluding hydrogens is 250 g/mol. The molecule has 1 aliphatic heterocycles. The van der Waals surface area contributed by atoms with Crippen LogP contribution in [0.15, 0.2) is 30.3 Å². The molecule has 2 aromatic rings. The smallest absolute Gasteiger partial charge is 0.348 e. The van der Waals surface area contributed by atoms with E-state index in [1.807, 2.05) is 24.3 Å². The normalized spacial score (nSPS) is 12.5. The number of carbonyl (C=O) groups excluding carboxylic acids is 1. The molecule has 3 rings (SSSR count). The summed E-state index contributed by atoms with van der Waals surface area (Å²) in [4.78, 5) is 12.0. The minimum Gasteiger partial charge on any atom is -0.465 e. The van der Waals surface area contributed by atoms with Gasteiger partial charge in [-0.2, -0.15) is 0 Å². The van der Waals surface area contributed by atoms with E-state index in [1.54, 1.807) is 6.07 Å². The first kappa shape index (κ1) is 11.1. The van der Waals surface area contributed by atoms with Crippen LogP contribution in [0.5, 0.6) is 10.8 Å². The predicted molar refractivity (Wildman–Crippen MR) is 69.5 cm³/mol. The maximum Gasteiger partial charge on any atom is 0.348 e. The van der Waals surface area contributed by atoms with E-state index in [0.717, 1.165) is 17.0 Å². The minimum atomic E-state index is -0.341. The van der Waals surface area contributed by atoms with Gasteiger partial charge in [-0.3, -0.25) is 0 Å². The number of esters is 1. The van der Waals surface area contributed by atoms with Gasteiger partial charge in [0.1, 0.15) is 10.6 Å². The summed E-state index contributed by atoms with van der Waals surface area (Å²) in [7, 11) is 1.37. The molecule has 0 fully saturated rings. The molecule has 0 bridgehead atoms. The zero-order chi connectivity index (χ0) is 12.5. The second-order valence-corrected chi connectivity index (χ2v) is 4.88. The zero-order valence-electron chi connectivity index (χ0n) is 9.73. The predicted octanol–water partition coefficient (Wildman–Crippen LogP) is 3.25. The molecule has 0 amide bonds. The summed E-state index contributed by atoms with van der Waals surface area (Å²) in [6.45, 7) is 0.681. The fourth-order valence-corrected chi connectivity index (χ4v) is 2.73. The Balaban J connectivity index is 1.99. The molecule has 0 aliphatic carbocycles. The molecule has 0 spiro atoms. The summed E-state index contributed by atoms with van der Waals surface area (Å²) in [5, 5.41) is 3.95. The summed E-state index contributed by atoms with van der Waals surface area (Å²) < 4.78 is 10.5. The lowest BCUT2D eigenvalue weighted by Crippen LogP contribution is -1.99. The summed E-state index contributed by atoms with van der Waals surface area (Å²) in [5.41, 5.74) is 1.93. The number of thiophene rings is 1. The van der Waals surface area contributed by atoms with Gasteiger partial charge in [0.2, 0.25) is 5.06 Å². The quantitative estimate of drug-likeness (QED) is 0.800. The van der Waals surface area contributed by atoms with Crippen molar-refractivity contribution in [2.75, 3.05) is 12.4 Å². The van der Waals surface area contributed by atoms with Crippen molar-refractivity contribution in [3.05, 3.63) is 40.8 Å². The molecule has 0 radical (unpaired) electrons. The molecule has 5 heteroatoms. The summed E-state index contributed by atoms with van der Waals surface area (Å²) >= 11 is 1.29. The van der Waals surface area contributed by atoms with Crippen LogP contribution in [0.1, 0.15) is 15.2 Å². The summed E-state index contributed by atoms with van der Waals surface area (Å²) in [5.74, 6) is 0.480. The van der Waals surface area contributed by atoms with E-state index >= 15 is 0 Å². The van der Waals surface area contributed by atoms with Crippen molar-refractivity contribution >= 4 is 23.0 Å². The first-order chi connectivity index (χ1) is 8.78.